The highest BCUT2D eigenvalue weighted by molar-refractivity contribution is 6.31. The topological polar surface area (TPSA) is 101 Å². The normalized spacial score (nSPS) is 25.3. The number of non-ortho nitro benzene ring substituents is 1. The number of benzene rings is 2. The van der Waals surface area contributed by atoms with Crippen molar-refractivity contribution in [1.82, 2.24) is 10.0 Å². The van der Waals surface area contributed by atoms with Gasteiger partial charge in [-0.2, -0.15) is 5.01 Å². The molecular weight excluding hydrogens is 434 g/mol. The lowest BCUT2D eigenvalue weighted by atomic mass is 9.85. The molecule has 2 aliphatic carbocycles. The number of fused-ring (bicyclic) bond motifs is 5. The van der Waals surface area contributed by atoms with Gasteiger partial charge in [-0.1, -0.05) is 42.0 Å². The van der Waals surface area contributed by atoms with Gasteiger partial charge >= 0.3 is 0 Å². The van der Waals surface area contributed by atoms with E-state index in [9.17, 15) is 24.5 Å². The predicted octanol–water partition coefficient (Wildman–Crippen LogP) is 3.61. The van der Waals surface area contributed by atoms with E-state index in [2.05, 4.69) is 0 Å². The molecule has 2 aromatic rings. The SMILES string of the molecule is O=C(c1ccc([N+](=O)[O-])cc1)N(Cc1ccccc1Cl)N1C(=O)[C@@H]2[C@H](C1=O)[C@H]1C=C[C@H]2C1. The summed E-state index contributed by atoms with van der Waals surface area (Å²) < 4.78 is 0. The van der Waals surface area contributed by atoms with Crippen molar-refractivity contribution < 1.29 is 19.3 Å². The number of rotatable bonds is 5. The Labute approximate surface area is 188 Å². The smallest absolute Gasteiger partial charge is 0.272 e. The predicted molar refractivity (Wildman–Crippen MR) is 114 cm³/mol. The molecule has 9 heteroatoms. The van der Waals surface area contributed by atoms with E-state index in [0.717, 1.165) is 16.4 Å². The van der Waals surface area contributed by atoms with E-state index in [1.807, 2.05) is 12.2 Å². The second-order valence-corrected chi connectivity index (χ2v) is 8.65. The van der Waals surface area contributed by atoms with Crippen LogP contribution in [-0.4, -0.2) is 32.7 Å². The second-order valence-electron chi connectivity index (χ2n) is 8.25. The molecule has 0 spiro atoms. The third-order valence-electron chi connectivity index (χ3n) is 6.53. The third-order valence-corrected chi connectivity index (χ3v) is 6.89. The Kier molecular flexibility index (Phi) is 4.82. The molecule has 0 aromatic heterocycles. The maximum absolute atomic E-state index is 13.5. The van der Waals surface area contributed by atoms with Crippen LogP contribution in [0.25, 0.3) is 0 Å². The molecule has 32 heavy (non-hydrogen) atoms. The highest BCUT2D eigenvalue weighted by atomic mass is 35.5. The van der Waals surface area contributed by atoms with Crippen molar-refractivity contribution in [3.8, 4) is 0 Å². The van der Waals surface area contributed by atoms with E-state index in [4.69, 9.17) is 11.6 Å². The lowest BCUT2D eigenvalue weighted by Crippen LogP contribution is -2.50. The fourth-order valence-corrected chi connectivity index (χ4v) is 5.22. The van der Waals surface area contributed by atoms with Gasteiger partial charge in [-0.3, -0.25) is 24.5 Å². The molecule has 0 radical (unpaired) electrons. The fraction of sp³-hybridized carbons (Fsp3) is 0.261. The van der Waals surface area contributed by atoms with Gasteiger partial charge in [0.15, 0.2) is 0 Å². The minimum atomic E-state index is -0.609. The van der Waals surface area contributed by atoms with Crippen LogP contribution in [0, 0.1) is 33.8 Å². The summed E-state index contributed by atoms with van der Waals surface area (Å²) in [5, 5.41) is 13.4. The zero-order valence-electron chi connectivity index (χ0n) is 16.8. The van der Waals surface area contributed by atoms with Crippen molar-refractivity contribution in [1.29, 1.82) is 0 Å². The minimum Gasteiger partial charge on any atom is -0.272 e. The average molecular weight is 452 g/mol. The van der Waals surface area contributed by atoms with Gasteiger partial charge in [-0.25, -0.2) is 5.01 Å². The van der Waals surface area contributed by atoms with Gasteiger partial charge in [0.05, 0.1) is 23.3 Å². The maximum Gasteiger partial charge on any atom is 0.273 e. The second kappa shape index (κ2) is 7.56. The lowest BCUT2D eigenvalue weighted by Gasteiger charge is -2.31. The van der Waals surface area contributed by atoms with Crippen molar-refractivity contribution in [3.05, 3.63) is 86.9 Å². The van der Waals surface area contributed by atoms with Gasteiger partial charge in [0.2, 0.25) is 0 Å². The van der Waals surface area contributed by atoms with Crippen molar-refractivity contribution >= 4 is 35.0 Å². The number of hydrogen-bond acceptors (Lipinski definition) is 5. The number of allylic oxidation sites excluding steroid dienone is 2. The Balaban J connectivity index is 1.52. The highest BCUT2D eigenvalue weighted by Gasteiger charge is 2.61. The van der Waals surface area contributed by atoms with Crippen LogP contribution in [0.2, 0.25) is 5.02 Å². The Morgan fingerprint density at radius 3 is 2.19 bits per heavy atom. The van der Waals surface area contributed by atoms with Gasteiger partial charge in [-0.05, 0) is 42.0 Å². The number of nitrogens with zero attached hydrogens (tertiary/aromatic N) is 3. The van der Waals surface area contributed by atoms with E-state index in [0.29, 0.717) is 10.6 Å². The van der Waals surface area contributed by atoms with Gasteiger partial charge in [-0.15, -0.1) is 0 Å². The third kappa shape index (κ3) is 3.10. The summed E-state index contributed by atoms with van der Waals surface area (Å²) in [5.41, 5.74) is 0.536. The minimum absolute atomic E-state index is 0.00286. The van der Waals surface area contributed by atoms with Crippen LogP contribution in [0.5, 0.6) is 0 Å². The number of nitro benzene ring substituents is 1. The molecule has 4 atom stereocenters. The number of carbonyl (C=O) groups is 3. The molecule has 0 N–H and O–H groups in total. The number of imide groups is 1. The van der Waals surface area contributed by atoms with Crippen molar-refractivity contribution in [3.63, 3.8) is 0 Å². The lowest BCUT2D eigenvalue weighted by molar-refractivity contribution is -0.384. The van der Waals surface area contributed by atoms with Gasteiger partial charge < -0.3 is 0 Å². The van der Waals surface area contributed by atoms with E-state index in [-0.39, 0.29) is 41.4 Å². The summed E-state index contributed by atoms with van der Waals surface area (Å²) in [4.78, 5) is 50.5. The molecule has 1 aliphatic heterocycles. The van der Waals surface area contributed by atoms with E-state index < -0.39 is 22.7 Å². The number of hydrogen-bond donors (Lipinski definition) is 0. The van der Waals surface area contributed by atoms with Gasteiger partial charge in [0, 0.05) is 22.7 Å². The zero-order valence-corrected chi connectivity index (χ0v) is 17.5. The summed E-state index contributed by atoms with van der Waals surface area (Å²) in [5.74, 6) is -2.31. The van der Waals surface area contributed by atoms with Crippen LogP contribution in [0.1, 0.15) is 22.3 Å². The highest BCUT2D eigenvalue weighted by Crippen LogP contribution is 2.53. The van der Waals surface area contributed by atoms with E-state index in [1.165, 1.54) is 24.3 Å². The first kappa shape index (κ1) is 20.4. The van der Waals surface area contributed by atoms with Crippen LogP contribution in [0.4, 0.5) is 5.69 Å². The first-order valence-electron chi connectivity index (χ1n) is 10.2. The Bertz CT molecular complexity index is 1150. The Morgan fingerprint density at radius 2 is 1.62 bits per heavy atom. The summed E-state index contributed by atoms with van der Waals surface area (Å²) in [6, 6.07) is 11.9. The first-order valence-corrected chi connectivity index (χ1v) is 10.6. The summed E-state index contributed by atoms with van der Waals surface area (Å²) >= 11 is 6.29. The van der Waals surface area contributed by atoms with Crippen LogP contribution in [0.15, 0.2) is 60.7 Å². The molecule has 2 fully saturated rings. The molecule has 1 saturated heterocycles. The zero-order chi connectivity index (χ0) is 22.6. The molecule has 162 valence electrons. The van der Waals surface area contributed by atoms with Crippen molar-refractivity contribution in [2.45, 2.75) is 13.0 Å². The number of carbonyl (C=O) groups excluding carboxylic acids is 3. The molecule has 1 heterocycles. The van der Waals surface area contributed by atoms with E-state index >= 15 is 0 Å². The fourth-order valence-electron chi connectivity index (χ4n) is 5.02. The molecule has 1 saturated carbocycles. The molecular formula is C23H18ClN3O5. The number of amides is 3. The monoisotopic (exact) mass is 451 g/mol. The molecule has 3 amide bonds. The summed E-state index contributed by atoms with van der Waals surface area (Å²) in [7, 11) is 0. The first-order chi connectivity index (χ1) is 15.4. The largest absolute Gasteiger partial charge is 0.273 e. The Morgan fingerprint density at radius 1 is 1.03 bits per heavy atom. The number of nitro groups is 1. The number of hydrazine groups is 1. The van der Waals surface area contributed by atoms with E-state index in [1.54, 1.807) is 24.3 Å². The van der Waals surface area contributed by atoms with Crippen LogP contribution in [-0.2, 0) is 16.1 Å². The van der Waals surface area contributed by atoms with Crippen molar-refractivity contribution in [2.24, 2.45) is 23.7 Å². The number of halogens is 1. The van der Waals surface area contributed by atoms with Crippen LogP contribution >= 0.6 is 11.6 Å². The molecule has 0 unspecified atom stereocenters. The Hall–Kier alpha value is -3.52. The summed E-state index contributed by atoms with van der Waals surface area (Å²) in [6.45, 7) is -0.0881. The summed E-state index contributed by atoms with van der Waals surface area (Å²) in [6.07, 6.45) is 4.75. The van der Waals surface area contributed by atoms with Crippen molar-refractivity contribution in [2.75, 3.05) is 0 Å². The molecule has 2 aromatic carbocycles. The van der Waals surface area contributed by atoms with Gasteiger partial charge in [0.1, 0.15) is 0 Å². The quantitative estimate of drug-likeness (QED) is 0.299. The molecule has 2 bridgehead atoms. The standard InChI is InChI=1S/C23H18ClN3O5/c24-18-4-2-1-3-16(18)12-25(21(28)13-7-9-17(10-8-13)27(31)32)26-22(29)19-14-5-6-15(11-14)20(19)23(26)30/h1-10,14-15,19-20H,11-12H2/t14-,15-,19-,20+/m0/s1. The molecule has 5 rings (SSSR count). The van der Waals surface area contributed by atoms with Crippen LogP contribution in [0.3, 0.4) is 0 Å². The molecule has 3 aliphatic rings. The molecule has 8 nitrogen and oxygen atoms in total. The average Bonchev–Trinajstić information content (AvgIpc) is 3.47. The maximum atomic E-state index is 13.5. The van der Waals surface area contributed by atoms with Crippen LogP contribution < -0.4 is 0 Å². The van der Waals surface area contributed by atoms with Gasteiger partial charge in [0.25, 0.3) is 23.4 Å².